The highest BCUT2D eigenvalue weighted by Crippen LogP contribution is 2.44. The van der Waals surface area contributed by atoms with Crippen molar-refractivity contribution in [3.63, 3.8) is 0 Å². The Kier molecular flexibility index (Phi) is 6.28. The summed E-state index contributed by atoms with van der Waals surface area (Å²) in [5.74, 6) is 0.251. The van der Waals surface area contributed by atoms with E-state index in [-0.39, 0.29) is 31.1 Å². The summed E-state index contributed by atoms with van der Waals surface area (Å²) in [7, 11) is -4.41. The van der Waals surface area contributed by atoms with E-state index in [0.717, 1.165) is 22.5 Å². The molecule has 35 heavy (non-hydrogen) atoms. The zero-order valence-electron chi connectivity index (χ0n) is 19.2. The van der Waals surface area contributed by atoms with Gasteiger partial charge in [0.05, 0.1) is 29.2 Å². The van der Waals surface area contributed by atoms with Gasteiger partial charge in [-0.15, -0.1) is 0 Å². The molecule has 2 aliphatic rings. The highest BCUT2D eigenvalue weighted by Gasteiger charge is 2.50. The average molecular weight is 577 g/mol. The Morgan fingerprint density at radius 2 is 1.83 bits per heavy atom. The van der Waals surface area contributed by atoms with Gasteiger partial charge in [-0.25, -0.2) is 13.2 Å². The van der Waals surface area contributed by atoms with E-state index < -0.39 is 44.0 Å². The van der Waals surface area contributed by atoms with E-state index in [1.165, 1.54) is 11.0 Å². The number of carbonyl (C=O) groups is 1. The lowest BCUT2D eigenvalue weighted by atomic mass is 10.0. The second-order valence-electron chi connectivity index (χ2n) is 9.59. The zero-order chi connectivity index (χ0) is 25.8. The van der Waals surface area contributed by atoms with Crippen LogP contribution in [0.25, 0.3) is 0 Å². The van der Waals surface area contributed by atoms with Gasteiger partial charge in [0, 0.05) is 17.4 Å². The molecule has 1 amide bonds. The van der Waals surface area contributed by atoms with Gasteiger partial charge < -0.3 is 14.4 Å². The van der Waals surface area contributed by atoms with Crippen molar-refractivity contribution in [2.75, 3.05) is 23.9 Å². The number of alkyl halides is 3. The number of fused-ring (bicyclic) bond motifs is 1. The van der Waals surface area contributed by atoms with E-state index in [0.29, 0.717) is 17.0 Å². The first-order valence-electron chi connectivity index (χ1n) is 10.8. The number of rotatable bonds is 2. The largest absolute Gasteiger partial charge is 0.481 e. The van der Waals surface area contributed by atoms with Crippen LogP contribution in [0.3, 0.4) is 0 Å². The third-order valence-corrected chi connectivity index (χ3v) is 7.91. The number of anilines is 1. The van der Waals surface area contributed by atoms with Gasteiger partial charge in [0.25, 0.3) is 10.0 Å². The lowest BCUT2D eigenvalue weighted by molar-refractivity contribution is -0.137. The maximum Gasteiger partial charge on any atom is 0.416 e. The molecule has 2 aromatic rings. The first-order valence-corrected chi connectivity index (χ1v) is 13.0. The number of halogens is 4. The van der Waals surface area contributed by atoms with Crippen LogP contribution in [0.1, 0.15) is 32.8 Å². The highest BCUT2D eigenvalue weighted by atomic mass is 79.9. The Morgan fingerprint density at radius 3 is 2.49 bits per heavy atom. The van der Waals surface area contributed by atoms with E-state index in [1.54, 1.807) is 32.9 Å². The maximum absolute atomic E-state index is 13.7. The molecular formula is C23H24BrF3N2O5S. The summed E-state index contributed by atoms with van der Waals surface area (Å²) in [5, 5.41) is 0. The van der Waals surface area contributed by atoms with Gasteiger partial charge in [-0.3, -0.25) is 4.31 Å². The minimum Gasteiger partial charge on any atom is -0.481 e. The molecule has 0 aliphatic carbocycles. The molecule has 0 saturated carbocycles. The fraction of sp³-hybridized carbons (Fsp3) is 0.435. The Balaban J connectivity index is 1.72. The molecule has 0 radical (unpaired) electrons. The number of carbonyl (C=O) groups excluding carboxylic acids is 1. The third kappa shape index (κ3) is 5.23. The van der Waals surface area contributed by atoms with Crippen LogP contribution in [-0.2, 0) is 20.9 Å². The average Bonchev–Trinajstić information content (AvgIpc) is 3.15. The molecule has 0 bridgehead atoms. The van der Waals surface area contributed by atoms with Gasteiger partial charge in [-0.05, 0) is 57.2 Å². The van der Waals surface area contributed by atoms with Crippen molar-refractivity contribution >= 4 is 37.7 Å². The summed E-state index contributed by atoms with van der Waals surface area (Å²) in [6.45, 7) is 5.38. The van der Waals surface area contributed by atoms with Crippen molar-refractivity contribution in [3.05, 3.63) is 52.5 Å². The van der Waals surface area contributed by atoms with Crippen molar-refractivity contribution in [3.8, 4) is 5.75 Å². The van der Waals surface area contributed by atoms with E-state index in [4.69, 9.17) is 9.47 Å². The molecule has 1 saturated heterocycles. The quantitative estimate of drug-likeness (QED) is 0.476. The minimum atomic E-state index is -4.70. The fourth-order valence-electron chi connectivity index (χ4n) is 4.10. The van der Waals surface area contributed by atoms with Crippen molar-refractivity contribution in [1.29, 1.82) is 0 Å². The van der Waals surface area contributed by atoms with Gasteiger partial charge in [0.2, 0.25) is 0 Å². The summed E-state index contributed by atoms with van der Waals surface area (Å²) < 4.78 is 80.5. The van der Waals surface area contributed by atoms with Gasteiger partial charge >= 0.3 is 12.3 Å². The van der Waals surface area contributed by atoms with E-state index in [9.17, 15) is 26.4 Å². The Morgan fingerprint density at radius 1 is 1.11 bits per heavy atom. The van der Waals surface area contributed by atoms with Crippen LogP contribution in [0.2, 0.25) is 0 Å². The predicted octanol–water partition coefficient (Wildman–Crippen LogP) is 5.44. The first kappa shape index (κ1) is 25.6. The maximum atomic E-state index is 13.7. The minimum absolute atomic E-state index is 0.0615. The Labute approximate surface area is 210 Å². The zero-order valence-corrected chi connectivity index (χ0v) is 21.6. The molecular weight excluding hydrogens is 553 g/mol. The Bertz CT molecular complexity index is 1260. The second kappa shape index (κ2) is 8.58. The molecule has 0 aromatic heterocycles. The molecule has 12 heteroatoms. The number of hydrogen-bond donors (Lipinski definition) is 0. The molecule has 190 valence electrons. The number of benzene rings is 2. The molecule has 4 rings (SSSR count). The topological polar surface area (TPSA) is 76.2 Å². The predicted molar refractivity (Wildman–Crippen MR) is 126 cm³/mol. The van der Waals surface area contributed by atoms with Crippen LogP contribution in [0.5, 0.6) is 5.75 Å². The second-order valence-corrected chi connectivity index (χ2v) is 12.4. The SMILES string of the molecule is CC(C)(C)OC(=O)N1CCC2(C1)CN(S(=O)(=O)c1cccc(C(F)(F)F)c1)c1cc(Br)ccc1O2. The number of nitrogens with zero attached hydrogens (tertiary/aromatic N) is 2. The number of amides is 1. The molecule has 1 unspecified atom stereocenters. The van der Waals surface area contributed by atoms with Gasteiger partial charge in [-0.1, -0.05) is 22.0 Å². The summed E-state index contributed by atoms with van der Waals surface area (Å²) >= 11 is 3.31. The molecule has 1 atom stereocenters. The van der Waals surface area contributed by atoms with Crippen LogP contribution >= 0.6 is 15.9 Å². The van der Waals surface area contributed by atoms with Crippen molar-refractivity contribution in [2.24, 2.45) is 0 Å². The molecule has 1 spiro atoms. The molecule has 7 nitrogen and oxygen atoms in total. The van der Waals surface area contributed by atoms with Gasteiger partial charge in [-0.2, -0.15) is 13.2 Å². The fourth-order valence-corrected chi connectivity index (χ4v) is 6.03. The summed E-state index contributed by atoms with van der Waals surface area (Å²) in [6, 6.07) is 8.43. The van der Waals surface area contributed by atoms with Crippen molar-refractivity contribution in [2.45, 2.75) is 49.5 Å². The van der Waals surface area contributed by atoms with Crippen LogP contribution in [0.4, 0.5) is 23.7 Å². The monoisotopic (exact) mass is 576 g/mol. The molecule has 1 fully saturated rings. The smallest absolute Gasteiger partial charge is 0.416 e. The third-order valence-electron chi connectivity index (χ3n) is 5.67. The lowest BCUT2D eigenvalue weighted by Gasteiger charge is -2.42. The molecule has 0 N–H and O–H groups in total. The molecule has 2 heterocycles. The van der Waals surface area contributed by atoms with Gasteiger partial charge in [0.15, 0.2) is 0 Å². The van der Waals surface area contributed by atoms with Crippen molar-refractivity contribution in [1.82, 2.24) is 4.90 Å². The van der Waals surface area contributed by atoms with E-state index in [2.05, 4.69) is 15.9 Å². The van der Waals surface area contributed by atoms with Crippen LogP contribution < -0.4 is 9.04 Å². The number of sulfonamides is 1. The summed E-state index contributed by atoms with van der Waals surface area (Å²) in [4.78, 5) is 13.6. The summed E-state index contributed by atoms with van der Waals surface area (Å²) in [6.07, 6.45) is -4.93. The number of likely N-dealkylation sites (tertiary alicyclic amines) is 1. The molecule has 2 aliphatic heterocycles. The van der Waals surface area contributed by atoms with E-state index in [1.807, 2.05) is 0 Å². The lowest BCUT2D eigenvalue weighted by Crippen LogP contribution is -2.54. The van der Waals surface area contributed by atoms with Crippen LogP contribution in [0.15, 0.2) is 51.8 Å². The Hall–Kier alpha value is -2.47. The van der Waals surface area contributed by atoms with E-state index >= 15 is 0 Å². The normalized spacial score (nSPS) is 20.5. The van der Waals surface area contributed by atoms with Crippen LogP contribution in [-0.4, -0.2) is 50.2 Å². The van der Waals surface area contributed by atoms with Crippen molar-refractivity contribution < 1.29 is 35.9 Å². The molecule has 2 aromatic carbocycles. The number of hydrogen-bond acceptors (Lipinski definition) is 5. The first-order chi connectivity index (χ1) is 16.1. The number of ether oxygens (including phenoxy) is 2. The standard InChI is InChI=1S/C23H24BrF3N2O5S/c1-21(2,3)34-20(30)28-10-9-22(13-28)14-29(18-12-16(24)7-8-19(18)33-22)35(31,32)17-6-4-5-15(11-17)23(25,26)27/h4-8,11-12H,9-10,13-14H2,1-3H3. The summed E-state index contributed by atoms with van der Waals surface area (Å²) in [5.41, 5.74) is -2.67. The van der Waals surface area contributed by atoms with Crippen LogP contribution in [0, 0.1) is 0 Å². The van der Waals surface area contributed by atoms with Gasteiger partial charge in [0.1, 0.15) is 17.0 Å². The highest BCUT2D eigenvalue weighted by molar-refractivity contribution is 9.10.